The fourth-order valence-electron chi connectivity index (χ4n) is 5.33. The summed E-state index contributed by atoms with van der Waals surface area (Å²) in [6, 6.07) is 7.23. The van der Waals surface area contributed by atoms with Crippen molar-refractivity contribution in [3.05, 3.63) is 41.8 Å². The molecule has 0 spiro atoms. The Balaban J connectivity index is 1.45. The number of fused-ring (bicyclic) bond motifs is 2. The Morgan fingerprint density at radius 1 is 1.11 bits per heavy atom. The molecule has 0 saturated heterocycles. The maximum absolute atomic E-state index is 13.8. The number of halogens is 1. The maximum atomic E-state index is 13.8. The second-order valence-electron chi connectivity index (χ2n) is 8.93. The summed E-state index contributed by atoms with van der Waals surface area (Å²) in [6.07, 6.45) is 6.58. The number of aromatic nitrogens is 1. The molecule has 144 valence electrons. The highest BCUT2D eigenvalue weighted by atomic mass is 19.1. The van der Waals surface area contributed by atoms with E-state index in [1.165, 1.54) is 37.3 Å². The van der Waals surface area contributed by atoms with Gasteiger partial charge in [0.05, 0.1) is 5.52 Å². The van der Waals surface area contributed by atoms with E-state index >= 15 is 0 Å². The first-order valence-corrected chi connectivity index (χ1v) is 10.3. The minimum atomic E-state index is -0.190. The van der Waals surface area contributed by atoms with Crippen LogP contribution in [-0.4, -0.2) is 16.9 Å². The summed E-state index contributed by atoms with van der Waals surface area (Å²) in [5, 5.41) is 4.16. The molecule has 4 rings (SSSR count). The fourth-order valence-corrected chi connectivity index (χ4v) is 5.33. The predicted molar refractivity (Wildman–Crippen MR) is 106 cm³/mol. The summed E-state index contributed by atoms with van der Waals surface area (Å²) in [4.78, 5) is 16.4. The van der Waals surface area contributed by atoms with Gasteiger partial charge in [-0.2, -0.15) is 0 Å². The van der Waals surface area contributed by atoms with Gasteiger partial charge in [0.15, 0.2) is 0 Å². The van der Waals surface area contributed by atoms with E-state index in [0.717, 1.165) is 22.7 Å². The van der Waals surface area contributed by atoms with Gasteiger partial charge in [-0.3, -0.25) is 9.78 Å². The number of nitrogens with one attached hydrogen (secondary N) is 1. The van der Waals surface area contributed by atoms with Crippen molar-refractivity contribution < 1.29 is 9.18 Å². The van der Waals surface area contributed by atoms with E-state index in [1.54, 1.807) is 12.1 Å². The largest absolute Gasteiger partial charge is 0.353 e. The van der Waals surface area contributed by atoms with Gasteiger partial charge in [0.1, 0.15) is 5.82 Å². The normalized spacial score (nSPS) is 28.5. The van der Waals surface area contributed by atoms with Crippen LogP contribution in [0.25, 0.3) is 10.9 Å². The Bertz CT molecular complexity index is 835. The van der Waals surface area contributed by atoms with Gasteiger partial charge in [-0.1, -0.05) is 13.8 Å². The molecule has 1 aromatic carbocycles. The number of rotatable bonds is 4. The second-order valence-corrected chi connectivity index (χ2v) is 8.93. The lowest BCUT2D eigenvalue weighted by molar-refractivity contribution is -0.124. The SMILES string of the molecule is CC(C)C(=O)NC(C)[C@H]1C[C@H]2C[C@@H](c3ccnc4ccc(F)cc34)C[C@H]2C1. The standard InChI is InChI=1S/C23H29FN2O/c1-13(2)23(27)26-14(3)15-8-16-10-18(11-17(16)9-15)20-6-7-25-22-5-4-19(24)12-21(20)22/h4-7,12-18H,8-11H2,1-3H3,(H,26,27)/t14?,15-,16-,17+,18+. The molecule has 2 aromatic rings. The van der Waals surface area contributed by atoms with Gasteiger partial charge < -0.3 is 5.32 Å². The molecule has 1 aromatic heterocycles. The lowest BCUT2D eigenvalue weighted by Gasteiger charge is -2.23. The van der Waals surface area contributed by atoms with Gasteiger partial charge in [0, 0.05) is 23.5 Å². The average molecular weight is 368 g/mol. The van der Waals surface area contributed by atoms with Crippen molar-refractivity contribution in [3.63, 3.8) is 0 Å². The smallest absolute Gasteiger partial charge is 0.222 e. The highest BCUT2D eigenvalue weighted by molar-refractivity contribution is 5.82. The van der Waals surface area contributed by atoms with Crippen molar-refractivity contribution in [2.24, 2.45) is 23.7 Å². The Morgan fingerprint density at radius 2 is 1.81 bits per heavy atom. The maximum Gasteiger partial charge on any atom is 0.222 e. The van der Waals surface area contributed by atoms with E-state index < -0.39 is 0 Å². The number of benzene rings is 1. The van der Waals surface area contributed by atoms with Crippen molar-refractivity contribution in [2.45, 2.75) is 58.4 Å². The Hall–Kier alpha value is -1.97. The van der Waals surface area contributed by atoms with Crippen LogP contribution in [0.5, 0.6) is 0 Å². The minimum Gasteiger partial charge on any atom is -0.353 e. The van der Waals surface area contributed by atoms with E-state index in [9.17, 15) is 9.18 Å². The molecule has 1 heterocycles. The van der Waals surface area contributed by atoms with E-state index in [-0.39, 0.29) is 23.7 Å². The van der Waals surface area contributed by atoms with Crippen LogP contribution in [0.3, 0.4) is 0 Å². The molecule has 4 heteroatoms. The quantitative estimate of drug-likeness (QED) is 0.820. The van der Waals surface area contributed by atoms with Crippen LogP contribution in [0.2, 0.25) is 0 Å². The highest BCUT2D eigenvalue weighted by Gasteiger charge is 2.43. The topological polar surface area (TPSA) is 42.0 Å². The first-order valence-electron chi connectivity index (χ1n) is 10.3. The lowest BCUT2D eigenvalue weighted by Crippen LogP contribution is -2.39. The van der Waals surface area contributed by atoms with E-state index in [4.69, 9.17) is 0 Å². The molecule has 3 nitrogen and oxygen atoms in total. The van der Waals surface area contributed by atoms with Crippen LogP contribution >= 0.6 is 0 Å². The molecule has 5 atom stereocenters. The van der Waals surface area contributed by atoms with Crippen molar-refractivity contribution in [2.75, 3.05) is 0 Å². The van der Waals surface area contributed by atoms with Crippen LogP contribution in [0, 0.1) is 29.5 Å². The van der Waals surface area contributed by atoms with Crippen LogP contribution in [0.15, 0.2) is 30.5 Å². The van der Waals surface area contributed by atoms with Gasteiger partial charge >= 0.3 is 0 Å². The molecule has 2 aliphatic rings. The predicted octanol–water partition coefficient (Wildman–Crippen LogP) is 5.05. The average Bonchev–Trinajstić information content (AvgIpc) is 3.20. The van der Waals surface area contributed by atoms with E-state index in [1.807, 2.05) is 20.0 Å². The zero-order valence-corrected chi connectivity index (χ0v) is 16.4. The summed E-state index contributed by atoms with van der Waals surface area (Å²) in [6.45, 7) is 6.04. The van der Waals surface area contributed by atoms with Gasteiger partial charge in [0.2, 0.25) is 5.91 Å². The minimum absolute atomic E-state index is 0.0399. The van der Waals surface area contributed by atoms with Crippen molar-refractivity contribution >= 4 is 16.8 Å². The summed E-state index contributed by atoms with van der Waals surface area (Å²) in [7, 11) is 0. The lowest BCUT2D eigenvalue weighted by atomic mass is 9.88. The van der Waals surface area contributed by atoms with Crippen molar-refractivity contribution in [3.8, 4) is 0 Å². The number of amides is 1. The molecule has 27 heavy (non-hydrogen) atoms. The Labute approximate surface area is 160 Å². The number of carbonyl (C=O) groups is 1. The monoisotopic (exact) mass is 368 g/mol. The molecule has 0 radical (unpaired) electrons. The van der Waals surface area contributed by atoms with Crippen molar-refractivity contribution in [1.82, 2.24) is 10.3 Å². The number of hydrogen-bond donors (Lipinski definition) is 1. The number of hydrogen-bond acceptors (Lipinski definition) is 2. The van der Waals surface area contributed by atoms with Crippen LogP contribution < -0.4 is 5.32 Å². The molecule has 2 aliphatic carbocycles. The van der Waals surface area contributed by atoms with E-state index in [0.29, 0.717) is 11.8 Å². The van der Waals surface area contributed by atoms with Crippen LogP contribution in [-0.2, 0) is 4.79 Å². The first kappa shape index (κ1) is 18.4. The van der Waals surface area contributed by atoms with Gasteiger partial charge in [0.25, 0.3) is 0 Å². The highest BCUT2D eigenvalue weighted by Crippen LogP contribution is 2.53. The van der Waals surface area contributed by atoms with Crippen LogP contribution in [0.4, 0.5) is 4.39 Å². The number of carbonyl (C=O) groups excluding carboxylic acids is 1. The van der Waals surface area contributed by atoms with Gasteiger partial charge in [-0.15, -0.1) is 0 Å². The second kappa shape index (κ2) is 7.21. The molecule has 1 amide bonds. The molecular weight excluding hydrogens is 339 g/mol. The van der Waals surface area contributed by atoms with Crippen LogP contribution in [0.1, 0.15) is 57.9 Å². The number of pyridine rings is 1. The number of nitrogens with zero attached hydrogens (tertiary/aromatic N) is 1. The third-order valence-electron chi connectivity index (χ3n) is 6.83. The summed E-state index contributed by atoms with van der Waals surface area (Å²) < 4.78 is 13.8. The third-order valence-corrected chi connectivity index (χ3v) is 6.83. The molecule has 0 bridgehead atoms. The molecule has 0 aliphatic heterocycles. The Kier molecular flexibility index (Phi) is 4.92. The third kappa shape index (κ3) is 3.59. The Morgan fingerprint density at radius 3 is 2.48 bits per heavy atom. The van der Waals surface area contributed by atoms with Gasteiger partial charge in [-0.25, -0.2) is 4.39 Å². The molecular formula is C23H29FN2O. The molecule has 2 fully saturated rings. The zero-order valence-electron chi connectivity index (χ0n) is 16.4. The summed E-state index contributed by atoms with van der Waals surface area (Å²) in [5.41, 5.74) is 2.14. The zero-order chi connectivity index (χ0) is 19.1. The summed E-state index contributed by atoms with van der Waals surface area (Å²) in [5.74, 6) is 2.51. The molecule has 1 N–H and O–H groups in total. The van der Waals surface area contributed by atoms with Crippen molar-refractivity contribution in [1.29, 1.82) is 0 Å². The fraction of sp³-hybridized carbons (Fsp3) is 0.565. The van der Waals surface area contributed by atoms with Gasteiger partial charge in [-0.05, 0) is 86.1 Å². The molecule has 1 unspecified atom stereocenters. The first-order chi connectivity index (χ1) is 12.9. The summed E-state index contributed by atoms with van der Waals surface area (Å²) >= 11 is 0. The molecule has 2 saturated carbocycles. The van der Waals surface area contributed by atoms with E-state index in [2.05, 4.69) is 23.3 Å².